The van der Waals surface area contributed by atoms with Crippen molar-refractivity contribution in [2.24, 2.45) is 5.73 Å². The Kier molecular flexibility index (Phi) is 4.42. The first-order chi connectivity index (χ1) is 8.35. The van der Waals surface area contributed by atoms with Crippen molar-refractivity contribution in [3.05, 3.63) is 23.3 Å². The molecule has 0 radical (unpaired) electrons. The molecule has 1 atom stereocenters. The molecular weight excluding hydrogens is 251 g/mol. The fourth-order valence-electron chi connectivity index (χ4n) is 1.55. The summed E-state index contributed by atoms with van der Waals surface area (Å²) in [4.78, 5) is 0. The third-order valence-corrected chi connectivity index (χ3v) is 2.46. The van der Waals surface area contributed by atoms with Gasteiger partial charge in [0.15, 0.2) is 11.5 Å². The minimum absolute atomic E-state index is 0.0429. The zero-order valence-electron chi connectivity index (χ0n) is 9.91. The minimum Gasteiger partial charge on any atom is -0.493 e. The first kappa shape index (κ1) is 14.6. The maximum atomic E-state index is 12.9. The van der Waals surface area contributed by atoms with E-state index in [-0.39, 0.29) is 17.1 Å². The molecule has 0 heterocycles. The maximum Gasteiger partial charge on any atom is 0.416 e. The number of rotatable bonds is 4. The van der Waals surface area contributed by atoms with Crippen LogP contribution in [0.5, 0.6) is 11.5 Å². The highest BCUT2D eigenvalue weighted by molar-refractivity contribution is 5.49. The zero-order chi connectivity index (χ0) is 13.9. The van der Waals surface area contributed by atoms with Crippen LogP contribution in [-0.4, -0.2) is 25.9 Å². The van der Waals surface area contributed by atoms with Crippen LogP contribution < -0.4 is 15.2 Å². The number of nitrogens with two attached hydrogens (primary N) is 1. The molecule has 0 aliphatic rings. The molecule has 1 rings (SSSR count). The van der Waals surface area contributed by atoms with Gasteiger partial charge in [-0.3, -0.25) is 0 Å². The van der Waals surface area contributed by atoms with Crippen LogP contribution in [0.1, 0.15) is 17.2 Å². The number of aliphatic hydroxyl groups excluding tert-OH is 1. The smallest absolute Gasteiger partial charge is 0.416 e. The monoisotopic (exact) mass is 265 g/mol. The van der Waals surface area contributed by atoms with E-state index in [2.05, 4.69) is 0 Å². The number of alkyl halides is 3. The van der Waals surface area contributed by atoms with Gasteiger partial charge in [-0.1, -0.05) is 0 Å². The van der Waals surface area contributed by atoms with E-state index >= 15 is 0 Å². The molecule has 0 saturated heterocycles. The highest BCUT2D eigenvalue weighted by atomic mass is 19.4. The first-order valence-electron chi connectivity index (χ1n) is 5.04. The minimum atomic E-state index is -4.58. The van der Waals surface area contributed by atoms with Gasteiger partial charge in [-0.15, -0.1) is 0 Å². The van der Waals surface area contributed by atoms with E-state index in [1.807, 2.05) is 0 Å². The molecule has 18 heavy (non-hydrogen) atoms. The van der Waals surface area contributed by atoms with Crippen LogP contribution >= 0.6 is 0 Å². The lowest BCUT2D eigenvalue weighted by Crippen LogP contribution is -2.20. The third kappa shape index (κ3) is 2.85. The van der Waals surface area contributed by atoms with E-state index in [0.717, 1.165) is 12.1 Å². The first-order valence-corrected chi connectivity index (χ1v) is 5.04. The van der Waals surface area contributed by atoms with E-state index in [1.54, 1.807) is 0 Å². The third-order valence-electron chi connectivity index (χ3n) is 2.46. The van der Waals surface area contributed by atoms with Gasteiger partial charge >= 0.3 is 6.18 Å². The Bertz CT molecular complexity index is 421. The van der Waals surface area contributed by atoms with Crippen molar-refractivity contribution < 1.29 is 27.8 Å². The van der Waals surface area contributed by atoms with E-state index in [0.29, 0.717) is 0 Å². The quantitative estimate of drug-likeness (QED) is 0.870. The maximum absolute atomic E-state index is 12.9. The molecule has 3 N–H and O–H groups in total. The van der Waals surface area contributed by atoms with Crippen molar-refractivity contribution in [2.45, 2.75) is 12.2 Å². The van der Waals surface area contributed by atoms with Crippen molar-refractivity contribution in [2.75, 3.05) is 20.8 Å². The standard InChI is InChI=1S/C11H14F3NO3/c1-17-9-3-6(8(15)5-16)7(11(12,13)14)4-10(9)18-2/h3-4,8,16H,5,15H2,1-2H3. The molecule has 102 valence electrons. The van der Waals surface area contributed by atoms with E-state index in [1.165, 1.54) is 14.2 Å². The molecule has 0 aromatic heterocycles. The van der Waals surface area contributed by atoms with Crippen LogP contribution in [0.25, 0.3) is 0 Å². The number of aliphatic hydroxyl groups is 1. The van der Waals surface area contributed by atoms with Crippen molar-refractivity contribution in [3.63, 3.8) is 0 Å². The predicted octanol–water partition coefficient (Wildman–Crippen LogP) is 1.71. The number of ether oxygens (including phenoxy) is 2. The van der Waals surface area contributed by atoms with Gasteiger partial charge in [0.2, 0.25) is 0 Å². The van der Waals surface area contributed by atoms with Crippen molar-refractivity contribution in [1.82, 2.24) is 0 Å². The fraction of sp³-hybridized carbons (Fsp3) is 0.455. The average Bonchev–Trinajstić information content (AvgIpc) is 2.34. The highest BCUT2D eigenvalue weighted by Crippen LogP contribution is 2.40. The molecular formula is C11H14F3NO3. The normalized spacial score (nSPS) is 13.3. The summed E-state index contributed by atoms with van der Waals surface area (Å²) in [6.07, 6.45) is -4.58. The summed E-state index contributed by atoms with van der Waals surface area (Å²) in [5.41, 5.74) is 4.28. The second-order valence-electron chi connectivity index (χ2n) is 3.58. The number of halogens is 3. The molecule has 0 fully saturated rings. The predicted molar refractivity (Wildman–Crippen MR) is 58.6 cm³/mol. The lowest BCUT2D eigenvalue weighted by Gasteiger charge is -2.19. The second kappa shape index (κ2) is 5.45. The number of methoxy groups -OCH3 is 2. The largest absolute Gasteiger partial charge is 0.493 e. The van der Waals surface area contributed by atoms with Gasteiger partial charge < -0.3 is 20.3 Å². The summed E-state index contributed by atoms with van der Waals surface area (Å²) >= 11 is 0. The molecule has 1 aromatic rings. The Morgan fingerprint density at radius 3 is 2.11 bits per heavy atom. The Hall–Kier alpha value is -1.47. The van der Waals surface area contributed by atoms with Crippen LogP contribution in [0.2, 0.25) is 0 Å². The van der Waals surface area contributed by atoms with Crippen LogP contribution in [0.4, 0.5) is 13.2 Å². The molecule has 0 aliphatic heterocycles. The molecule has 4 nitrogen and oxygen atoms in total. The highest BCUT2D eigenvalue weighted by Gasteiger charge is 2.36. The number of hydrogen-bond donors (Lipinski definition) is 2. The van der Waals surface area contributed by atoms with Gasteiger partial charge in [0.25, 0.3) is 0 Å². The van der Waals surface area contributed by atoms with Gasteiger partial charge in [-0.25, -0.2) is 0 Å². The molecule has 1 aromatic carbocycles. The number of hydrogen-bond acceptors (Lipinski definition) is 4. The summed E-state index contributed by atoms with van der Waals surface area (Å²) in [7, 11) is 2.54. The van der Waals surface area contributed by atoms with E-state index in [9.17, 15) is 13.2 Å². The van der Waals surface area contributed by atoms with Gasteiger partial charge in [-0.2, -0.15) is 13.2 Å². The van der Waals surface area contributed by atoms with Crippen LogP contribution in [-0.2, 0) is 6.18 Å². The molecule has 1 unspecified atom stereocenters. The Morgan fingerprint density at radius 2 is 1.72 bits per heavy atom. The summed E-state index contributed by atoms with van der Waals surface area (Å²) in [5.74, 6) is 0.0862. The van der Waals surface area contributed by atoms with Gasteiger partial charge in [0.05, 0.1) is 32.4 Å². The van der Waals surface area contributed by atoms with Crippen LogP contribution in [0.15, 0.2) is 12.1 Å². The molecule has 0 saturated carbocycles. The Morgan fingerprint density at radius 1 is 1.22 bits per heavy atom. The Labute approximate surface area is 102 Å². The molecule has 0 spiro atoms. The number of benzene rings is 1. The van der Waals surface area contributed by atoms with Gasteiger partial charge in [0.1, 0.15) is 0 Å². The molecule has 0 amide bonds. The van der Waals surface area contributed by atoms with E-state index in [4.69, 9.17) is 20.3 Å². The summed E-state index contributed by atoms with van der Waals surface area (Å²) in [6, 6.07) is 0.799. The van der Waals surface area contributed by atoms with Crippen molar-refractivity contribution >= 4 is 0 Å². The van der Waals surface area contributed by atoms with Crippen LogP contribution in [0, 0.1) is 0 Å². The van der Waals surface area contributed by atoms with E-state index < -0.39 is 24.4 Å². The average molecular weight is 265 g/mol. The second-order valence-corrected chi connectivity index (χ2v) is 3.58. The Balaban J connectivity index is 3.46. The van der Waals surface area contributed by atoms with Crippen molar-refractivity contribution in [3.8, 4) is 11.5 Å². The molecule has 7 heteroatoms. The molecule has 0 aliphatic carbocycles. The van der Waals surface area contributed by atoms with Crippen molar-refractivity contribution in [1.29, 1.82) is 0 Å². The van der Waals surface area contributed by atoms with Gasteiger partial charge in [0, 0.05) is 0 Å². The lowest BCUT2D eigenvalue weighted by molar-refractivity contribution is -0.138. The van der Waals surface area contributed by atoms with Crippen LogP contribution in [0.3, 0.4) is 0 Å². The fourth-order valence-corrected chi connectivity index (χ4v) is 1.55. The molecule has 0 bridgehead atoms. The summed E-state index contributed by atoms with van der Waals surface area (Å²) in [6.45, 7) is -0.599. The SMILES string of the molecule is COc1cc(C(N)CO)c(C(F)(F)F)cc1OC. The summed E-state index contributed by atoms with van der Waals surface area (Å²) < 4.78 is 48.3. The van der Waals surface area contributed by atoms with Gasteiger partial charge in [-0.05, 0) is 17.7 Å². The lowest BCUT2D eigenvalue weighted by atomic mass is 10.00. The zero-order valence-corrected chi connectivity index (χ0v) is 9.91. The topological polar surface area (TPSA) is 64.7 Å². The summed E-state index contributed by atoms with van der Waals surface area (Å²) in [5, 5.41) is 8.90.